The van der Waals surface area contributed by atoms with Gasteiger partial charge in [-0.25, -0.2) is 4.79 Å². The monoisotopic (exact) mass is 359 g/mol. The first-order valence-corrected chi connectivity index (χ1v) is 7.70. The van der Waals surface area contributed by atoms with Crippen molar-refractivity contribution in [2.45, 2.75) is 12.0 Å². The summed E-state index contributed by atoms with van der Waals surface area (Å²) in [5.41, 5.74) is 1.20. The molecule has 1 heterocycles. The van der Waals surface area contributed by atoms with Crippen molar-refractivity contribution in [3.05, 3.63) is 46.1 Å². The standard InChI is InChI=1S/C12H10BrNO5S/c1-7-3-2-4-8(11(7)13)14-20(17,18)10-6-5-9(19-10)12(15)16/h2-6,14H,1H3,(H,15,16). The number of carboxylic acids is 1. The van der Waals surface area contributed by atoms with E-state index in [9.17, 15) is 13.2 Å². The van der Waals surface area contributed by atoms with Gasteiger partial charge in [-0.2, -0.15) is 8.42 Å². The van der Waals surface area contributed by atoms with E-state index in [0.29, 0.717) is 10.2 Å². The highest BCUT2D eigenvalue weighted by atomic mass is 79.9. The third-order valence-corrected chi connectivity index (χ3v) is 4.78. The van der Waals surface area contributed by atoms with E-state index >= 15 is 0 Å². The minimum atomic E-state index is -3.98. The number of hydrogen-bond donors (Lipinski definition) is 2. The number of anilines is 1. The molecule has 0 fully saturated rings. The highest BCUT2D eigenvalue weighted by molar-refractivity contribution is 9.10. The molecule has 2 aromatic rings. The summed E-state index contributed by atoms with van der Waals surface area (Å²) in [4.78, 5) is 10.7. The second kappa shape index (κ2) is 5.29. The first-order chi connectivity index (χ1) is 9.31. The summed E-state index contributed by atoms with van der Waals surface area (Å²) in [7, 11) is -3.98. The van der Waals surface area contributed by atoms with Crippen LogP contribution in [-0.2, 0) is 10.0 Å². The second-order valence-electron chi connectivity index (χ2n) is 3.97. The lowest BCUT2D eigenvalue weighted by molar-refractivity contribution is 0.0656. The van der Waals surface area contributed by atoms with Gasteiger partial charge in [-0.1, -0.05) is 12.1 Å². The zero-order chi connectivity index (χ0) is 14.9. The Balaban J connectivity index is 2.35. The van der Waals surface area contributed by atoms with Gasteiger partial charge in [0.1, 0.15) is 0 Å². The number of furan rings is 1. The molecule has 0 aliphatic carbocycles. The molecule has 2 rings (SSSR count). The molecule has 2 N–H and O–H groups in total. The van der Waals surface area contributed by atoms with Gasteiger partial charge in [0.05, 0.1) is 5.69 Å². The van der Waals surface area contributed by atoms with Crippen molar-refractivity contribution < 1.29 is 22.7 Å². The summed E-state index contributed by atoms with van der Waals surface area (Å²) in [6.07, 6.45) is 0. The van der Waals surface area contributed by atoms with Crippen LogP contribution >= 0.6 is 15.9 Å². The van der Waals surface area contributed by atoms with Crippen LogP contribution in [0.5, 0.6) is 0 Å². The molecular weight excluding hydrogens is 350 g/mol. The maximum absolute atomic E-state index is 12.1. The largest absolute Gasteiger partial charge is 0.475 e. The fraction of sp³-hybridized carbons (Fsp3) is 0.0833. The smallest absolute Gasteiger partial charge is 0.371 e. The Morgan fingerprint density at radius 1 is 1.30 bits per heavy atom. The summed E-state index contributed by atoms with van der Waals surface area (Å²) in [5.74, 6) is -1.77. The van der Waals surface area contributed by atoms with E-state index in [1.165, 1.54) is 0 Å². The number of halogens is 1. The predicted octanol–water partition coefficient (Wildman–Crippen LogP) is 2.85. The van der Waals surface area contributed by atoms with Crippen LogP contribution in [0.25, 0.3) is 0 Å². The number of aromatic carboxylic acids is 1. The van der Waals surface area contributed by atoms with E-state index in [2.05, 4.69) is 20.7 Å². The summed E-state index contributed by atoms with van der Waals surface area (Å²) < 4.78 is 31.9. The number of nitrogens with one attached hydrogen (secondary N) is 1. The molecular formula is C12H10BrNO5S. The van der Waals surface area contributed by atoms with Crippen molar-refractivity contribution >= 4 is 37.6 Å². The minimum Gasteiger partial charge on any atom is -0.475 e. The van der Waals surface area contributed by atoms with Gasteiger partial charge in [-0.05, 0) is 46.6 Å². The number of aryl methyl sites for hydroxylation is 1. The second-order valence-corrected chi connectivity index (χ2v) is 6.37. The molecule has 20 heavy (non-hydrogen) atoms. The third kappa shape index (κ3) is 2.86. The Bertz CT molecular complexity index is 766. The number of benzene rings is 1. The molecule has 0 aliphatic heterocycles. The quantitative estimate of drug-likeness (QED) is 0.874. The van der Waals surface area contributed by atoms with Crippen LogP contribution < -0.4 is 4.72 Å². The number of hydrogen-bond acceptors (Lipinski definition) is 4. The van der Waals surface area contributed by atoms with Crippen molar-refractivity contribution in [3.8, 4) is 0 Å². The maximum atomic E-state index is 12.1. The number of carbonyl (C=O) groups is 1. The molecule has 0 saturated heterocycles. The normalized spacial score (nSPS) is 11.3. The zero-order valence-electron chi connectivity index (χ0n) is 10.3. The lowest BCUT2D eigenvalue weighted by Gasteiger charge is -2.09. The molecule has 0 spiro atoms. The van der Waals surface area contributed by atoms with Gasteiger partial charge >= 0.3 is 5.97 Å². The van der Waals surface area contributed by atoms with E-state index in [4.69, 9.17) is 9.52 Å². The van der Waals surface area contributed by atoms with Crippen molar-refractivity contribution in [2.24, 2.45) is 0 Å². The first-order valence-electron chi connectivity index (χ1n) is 5.42. The third-order valence-electron chi connectivity index (χ3n) is 2.49. The maximum Gasteiger partial charge on any atom is 0.371 e. The molecule has 106 valence electrons. The summed E-state index contributed by atoms with van der Waals surface area (Å²) in [6, 6.07) is 7.27. The summed E-state index contributed by atoms with van der Waals surface area (Å²) in [5, 5.41) is 8.26. The van der Waals surface area contributed by atoms with Crippen LogP contribution in [0.3, 0.4) is 0 Å². The molecule has 1 aromatic carbocycles. The van der Waals surface area contributed by atoms with Crippen LogP contribution in [0.4, 0.5) is 5.69 Å². The highest BCUT2D eigenvalue weighted by Crippen LogP contribution is 2.28. The SMILES string of the molecule is Cc1cccc(NS(=O)(=O)c2ccc(C(=O)O)o2)c1Br. The van der Waals surface area contributed by atoms with E-state index in [1.54, 1.807) is 12.1 Å². The van der Waals surface area contributed by atoms with E-state index in [1.807, 2.05) is 13.0 Å². The van der Waals surface area contributed by atoms with Crippen molar-refractivity contribution in [3.63, 3.8) is 0 Å². The Hall–Kier alpha value is -1.80. The number of rotatable bonds is 4. The number of sulfonamides is 1. The van der Waals surface area contributed by atoms with Gasteiger partial charge in [0.2, 0.25) is 10.9 Å². The van der Waals surface area contributed by atoms with Crippen LogP contribution in [-0.4, -0.2) is 19.5 Å². The Morgan fingerprint density at radius 3 is 2.60 bits per heavy atom. The first kappa shape index (κ1) is 14.6. The fourth-order valence-electron chi connectivity index (χ4n) is 1.50. The molecule has 0 unspecified atom stereocenters. The zero-order valence-corrected chi connectivity index (χ0v) is 12.7. The van der Waals surface area contributed by atoms with Gasteiger partial charge in [-0.15, -0.1) is 0 Å². The van der Waals surface area contributed by atoms with Gasteiger partial charge in [0, 0.05) is 4.47 Å². The molecule has 0 atom stereocenters. The Morgan fingerprint density at radius 2 is 2.00 bits per heavy atom. The van der Waals surface area contributed by atoms with Gasteiger partial charge in [0.25, 0.3) is 10.0 Å². The Kier molecular flexibility index (Phi) is 3.87. The van der Waals surface area contributed by atoms with Crippen LogP contribution in [0.15, 0.2) is 44.3 Å². The number of carboxylic acid groups (broad SMARTS) is 1. The predicted molar refractivity (Wildman–Crippen MR) is 75.4 cm³/mol. The van der Waals surface area contributed by atoms with Crippen LogP contribution in [0.2, 0.25) is 0 Å². The fourth-order valence-corrected chi connectivity index (χ4v) is 3.00. The lowest BCUT2D eigenvalue weighted by atomic mass is 10.2. The molecule has 1 aromatic heterocycles. The van der Waals surface area contributed by atoms with E-state index in [-0.39, 0.29) is 0 Å². The van der Waals surface area contributed by atoms with Crippen molar-refractivity contribution in [2.75, 3.05) is 4.72 Å². The molecule has 8 heteroatoms. The molecule has 6 nitrogen and oxygen atoms in total. The lowest BCUT2D eigenvalue weighted by Crippen LogP contribution is -2.12. The molecule has 0 amide bonds. The van der Waals surface area contributed by atoms with E-state index in [0.717, 1.165) is 17.7 Å². The molecule has 0 saturated carbocycles. The Labute approximate surface area is 123 Å². The topological polar surface area (TPSA) is 96.6 Å². The van der Waals surface area contributed by atoms with Crippen molar-refractivity contribution in [1.29, 1.82) is 0 Å². The van der Waals surface area contributed by atoms with Crippen LogP contribution in [0, 0.1) is 6.92 Å². The summed E-state index contributed by atoms with van der Waals surface area (Å²) in [6.45, 7) is 1.82. The van der Waals surface area contributed by atoms with Crippen molar-refractivity contribution in [1.82, 2.24) is 0 Å². The molecule has 0 aliphatic rings. The van der Waals surface area contributed by atoms with Gasteiger partial charge in [0.15, 0.2) is 0 Å². The molecule has 0 radical (unpaired) electrons. The van der Waals surface area contributed by atoms with Gasteiger partial charge < -0.3 is 9.52 Å². The molecule has 0 bridgehead atoms. The summed E-state index contributed by atoms with van der Waals surface area (Å²) >= 11 is 3.28. The average Bonchev–Trinajstić information content (AvgIpc) is 2.85. The van der Waals surface area contributed by atoms with E-state index < -0.39 is 26.8 Å². The van der Waals surface area contributed by atoms with Crippen LogP contribution in [0.1, 0.15) is 16.1 Å². The minimum absolute atomic E-state index is 0.346. The average molecular weight is 360 g/mol. The van der Waals surface area contributed by atoms with Gasteiger partial charge in [-0.3, -0.25) is 4.72 Å². The highest BCUT2D eigenvalue weighted by Gasteiger charge is 2.22.